The fourth-order valence-corrected chi connectivity index (χ4v) is 4.41. The van der Waals surface area contributed by atoms with Crippen LogP contribution >= 0.6 is 0 Å². The summed E-state index contributed by atoms with van der Waals surface area (Å²) in [5, 5.41) is 0. The van der Waals surface area contributed by atoms with E-state index in [-0.39, 0.29) is 10.5 Å². The Kier molecular flexibility index (Phi) is 5.68. The summed E-state index contributed by atoms with van der Waals surface area (Å²) in [6.07, 6.45) is 0. The van der Waals surface area contributed by atoms with Crippen LogP contribution in [0.1, 0.15) is 27.4 Å². The standard InChI is InChI=1S/C23H21N3O5S/c1-26(2)32(29,30)16-9-7-8-15(14-16)22(27)24-25-23(28)21-17-10-3-5-12-19(17)31-20-13-6-4-11-18(20)21/h3-14,21H,1-2H3,(H,24,27)(H,25,28). The van der Waals surface area contributed by atoms with Crippen molar-refractivity contribution in [1.29, 1.82) is 0 Å². The second kappa shape index (κ2) is 8.45. The number of nitrogens with zero attached hydrogens (tertiary/aromatic N) is 1. The molecule has 8 nitrogen and oxygen atoms in total. The van der Waals surface area contributed by atoms with Crippen molar-refractivity contribution in [3.8, 4) is 11.5 Å². The van der Waals surface area contributed by atoms with Crippen molar-refractivity contribution < 1.29 is 22.7 Å². The minimum absolute atomic E-state index is 0.0197. The van der Waals surface area contributed by atoms with E-state index < -0.39 is 27.8 Å². The topological polar surface area (TPSA) is 105 Å². The molecule has 0 aliphatic carbocycles. The zero-order chi connectivity index (χ0) is 22.9. The van der Waals surface area contributed by atoms with Crippen LogP contribution in [-0.4, -0.2) is 38.6 Å². The summed E-state index contributed by atoms with van der Waals surface area (Å²) in [4.78, 5) is 25.7. The van der Waals surface area contributed by atoms with Crippen molar-refractivity contribution in [3.05, 3.63) is 89.5 Å². The summed E-state index contributed by atoms with van der Waals surface area (Å²) in [7, 11) is -0.879. The Morgan fingerprint density at radius 3 is 2.03 bits per heavy atom. The van der Waals surface area contributed by atoms with Crippen LogP contribution < -0.4 is 15.6 Å². The van der Waals surface area contributed by atoms with Gasteiger partial charge in [0.2, 0.25) is 10.0 Å². The molecule has 0 fully saturated rings. The first-order chi connectivity index (χ1) is 15.3. The summed E-state index contributed by atoms with van der Waals surface area (Å²) in [5.74, 6) is -0.628. The van der Waals surface area contributed by atoms with Gasteiger partial charge in [-0.05, 0) is 30.3 Å². The number of rotatable bonds is 4. The van der Waals surface area contributed by atoms with Crippen molar-refractivity contribution in [1.82, 2.24) is 15.2 Å². The molecular weight excluding hydrogens is 430 g/mol. The molecule has 164 valence electrons. The number of ether oxygens (including phenoxy) is 1. The maximum Gasteiger partial charge on any atom is 0.269 e. The van der Waals surface area contributed by atoms with Gasteiger partial charge in [-0.2, -0.15) is 0 Å². The van der Waals surface area contributed by atoms with Crippen molar-refractivity contribution in [2.24, 2.45) is 0 Å². The number of nitrogens with one attached hydrogen (secondary N) is 2. The van der Waals surface area contributed by atoms with E-state index in [1.54, 1.807) is 24.3 Å². The fourth-order valence-electron chi connectivity index (χ4n) is 3.46. The second-order valence-electron chi connectivity index (χ2n) is 7.37. The molecule has 32 heavy (non-hydrogen) atoms. The number of carbonyl (C=O) groups excluding carboxylic acids is 2. The molecule has 0 bridgehead atoms. The number of para-hydroxylation sites is 2. The maximum atomic E-state index is 13.1. The van der Waals surface area contributed by atoms with E-state index in [1.165, 1.54) is 38.4 Å². The van der Waals surface area contributed by atoms with Crippen LogP contribution in [0.3, 0.4) is 0 Å². The molecule has 1 aliphatic rings. The first-order valence-electron chi connectivity index (χ1n) is 9.77. The van der Waals surface area contributed by atoms with Gasteiger partial charge in [0.1, 0.15) is 11.5 Å². The summed E-state index contributed by atoms with van der Waals surface area (Å²) < 4.78 is 31.6. The highest BCUT2D eigenvalue weighted by molar-refractivity contribution is 7.89. The number of carbonyl (C=O) groups is 2. The molecule has 0 saturated carbocycles. The Hall–Kier alpha value is -3.69. The molecule has 0 aromatic heterocycles. The van der Waals surface area contributed by atoms with Gasteiger partial charge in [0.15, 0.2) is 0 Å². The zero-order valence-electron chi connectivity index (χ0n) is 17.4. The zero-order valence-corrected chi connectivity index (χ0v) is 18.2. The molecule has 0 spiro atoms. The second-order valence-corrected chi connectivity index (χ2v) is 9.52. The predicted octanol–water partition coefficient (Wildman–Crippen LogP) is 2.64. The predicted molar refractivity (Wildman–Crippen MR) is 118 cm³/mol. The molecule has 0 atom stereocenters. The number of hydrogen-bond acceptors (Lipinski definition) is 5. The highest BCUT2D eigenvalue weighted by Crippen LogP contribution is 2.43. The Bertz CT molecular complexity index is 1260. The SMILES string of the molecule is CN(C)S(=O)(=O)c1cccc(C(=O)NNC(=O)C2c3ccccc3Oc3ccccc32)c1. The number of hydrazine groups is 1. The van der Waals surface area contributed by atoms with E-state index in [0.29, 0.717) is 22.6 Å². The lowest BCUT2D eigenvalue weighted by Crippen LogP contribution is -2.44. The van der Waals surface area contributed by atoms with Gasteiger partial charge in [-0.3, -0.25) is 20.4 Å². The largest absolute Gasteiger partial charge is 0.457 e. The minimum atomic E-state index is -3.70. The first-order valence-corrected chi connectivity index (χ1v) is 11.2. The average Bonchev–Trinajstić information content (AvgIpc) is 2.80. The van der Waals surface area contributed by atoms with Crippen molar-refractivity contribution in [2.75, 3.05) is 14.1 Å². The van der Waals surface area contributed by atoms with E-state index in [2.05, 4.69) is 10.9 Å². The Morgan fingerprint density at radius 2 is 1.44 bits per heavy atom. The monoisotopic (exact) mass is 451 g/mol. The quantitative estimate of drug-likeness (QED) is 0.594. The summed E-state index contributed by atoms with van der Waals surface area (Å²) in [6.45, 7) is 0. The molecule has 1 heterocycles. The Morgan fingerprint density at radius 1 is 0.844 bits per heavy atom. The van der Waals surface area contributed by atoms with Gasteiger partial charge in [-0.15, -0.1) is 0 Å². The maximum absolute atomic E-state index is 13.1. The van der Waals surface area contributed by atoms with Gasteiger partial charge in [0, 0.05) is 30.8 Å². The molecular formula is C23H21N3O5S. The van der Waals surface area contributed by atoms with Crippen molar-refractivity contribution in [3.63, 3.8) is 0 Å². The molecule has 3 aromatic carbocycles. The van der Waals surface area contributed by atoms with Crippen LogP contribution in [-0.2, 0) is 14.8 Å². The summed E-state index contributed by atoms with van der Waals surface area (Å²) in [5.41, 5.74) is 6.29. The van der Waals surface area contributed by atoms with Crippen LogP contribution in [0.2, 0.25) is 0 Å². The van der Waals surface area contributed by atoms with Gasteiger partial charge in [0.05, 0.1) is 10.8 Å². The first kappa shape index (κ1) is 21.5. The highest BCUT2D eigenvalue weighted by atomic mass is 32.2. The van der Waals surface area contributed by atoms with Crippen LogP contribution in [0.25, 0.3) is 0 Å². The number of sulfonamides is 1. The normalized spacial score (nSPS) is 13.0. The number of hydrogen-bond donors (Lipinski definition) is 2. The molecule has 9 heteroatoms. The molecule has 4 rings (SSSR count). The van der Waals surface area contributed by atoms with Gasteiger partial charge >= 0.3 is 0 Å². The van der Waals surface area contributed by atoms with E-state index in [4.69, 9.17) is 4.74 Å². The molecule has 1 aliphatic heterocycles. The highest BCUT2D eigenvalue weighted by Gasteiger charge is 2.32. The average molecular weight is 452 g/mol. The lowest BCUT2D eigenvalue weighted by atomic mass is 9.87. The van der Waals surface area contributed by atoms with Crippen LogP contribution in [0, 0.1) is 0 Å². The number of benzene rings is 3. The number of amides is 2. The molecule has 2 amide bonds. The van der Waals surface area contributed by atoms with Crippen LogP contribution in [0.5, 0.6) is 11.5 Å². The summed E-state index contributed by atoms with van der Waals surface area (Å²) >= 11 is 0. The van der Waals surface area contributed by atoms with E-state index in [9.17, 15) is 18.0 Å². The van der Waals surface area contributed by atoms with Crippen LogP contribution in [0.4, 0.5) is 0 Å². The molecule has 0 saturated heterocycles. The lowest BCUT2D eigenvalue weighted by Gasteiger charge is -2.27. The Labute approximate surface area is 185 Å². The fraction of sp³-hybridized carbons (Fsp3) is 0.130. The van der Waals surface area contributed by atoms with E-state index in [1.807, 2.05) is 24.3 Å². The lowest BCUT2D eigenvalue weighted by molar-refractivity contribution is -0.122. The molecule has 0 radical (unpaired) electrons. The molecule has 3 aromatic rings. The van der Waals surface area contributed by atoms with Gasteiger partial charge in [0.25, 0.3) is 11.8 Å². The molecule has 2 N–H and O–H groups in total. The third kappa shape index (κ3) is 3.95. The van der Waals surface area contributed by atoms with Crippen molar-refractivity contribution >= 4 is 21.8 Å². The van der Waals surface area contributed by atoms with Crippen LogP contribution in [0.15, 0.2) is 77.7 Å². The third-order valence-electron chi connectivity index (χ3n) is 5.12. The Balaban J connectivity index is 1.55. The smallest absolute Gasteiger partial charge is 0.269 e. The summed E-state index contributed by atoms with van der Waals surface area (Å²) in [6, 6.07) is 20.0. The minimum Gasteiger partial charge on any atom is -0.457 e. The van der Waals surface area contributed by atoms with Gasteiger partial charge in [-0.1, -0.05) is 42.5 Å². The van der Waals surface area contributed by atoms with E-state index in [0.717, 1.165) is 4.31 Å². The van der Waals surface area contributed by atoms with Crippen molar-refractivity contribution in [2.45, 2.75) is 10.8 Å². The van der Waals surface area contributed by atoms with Gasteiger partial charge in [-0.25, -0.2) is 12.7 Å². The number of fused-ring (bicyclic) bond motifs is 2. The third-order valence-corrected chi connectivity index (χ3v) is 6.93. The van der Waals surface area contributed by atoms with Gasteiger partial charge < -0.3 is 4.74 Å². The molecule has 0 unspecified atom stereocenters. The van der Waals surface area contributed by atoms with E-state index >= 15 is 0 Å².